The van der Waals surface area contributed by atoms with Gasteiger partial charge in [-0.2, -0.15) is 5.10 Å². The van der Waals surface area contributed by atoms with Gasteiger partial charge in [-0.05, 0) is 38.3 Å². The predicted molar refractivity (Wildman–Crippen MR) is 136 cm³/mol. The van der Waals surface area contributed by atoms with Gasteiger partial charge in [0.05, 0.1) is 23.0 Å². The van der Waals surface area contributed by atoms with Crippen molar-refractivity contribution in [3.8, 4) is 0 Å². The molecule has 188 valence electrons. The first-order valence-electron chi connectivity index (χ1n) is 12.3. The molecule has 3 aromatic heterocycles. The summed E-state index contributed by atoms with van der Waals surface area (Å²) < 4.78 is 23.2. The number of nitrogens with one attached hydrogen (secondary N) is 2. The number of aromatic nitrogens is 4. The van der Waals surface area contributed by atoms with Gasteiger partial charge in [0, 0.05) is 75.1 Å². The Morgan fingerprint density at radius 3 is 2.83 bits per heavy atom. The predicted octanol–water partition coefficient (Wildman–Crippen LogP) is 3.27. The van der Waals surface area contributed by atoms with E-state index in [-0.39, 0.29) is 11.6 Å². The number of anilines is 2. The molecule has 2 aliphatic rings. The summed E-state index contributed by atoms with van der Waals surface area (Å²) >= 11 is 0. The molecule has 36 heavy (non-hydrogen) atoms. The smallest absolute Gasteiger partial charge is 0.257 e. The Balaban J connectivity index is 1.22. The number of ether oxygens (including phenoxy) is 1. The van der Waals surface area contributed by atoms with E-state index in [4.69, 9.17) is 4.74 Å². The van der Waals surface area contributed by atoms with Crippen molar-refractivity contribution >= 4 is 33.8 Å². The highest BCUT2D eigenvalue weighted by molar-refractivity contribution is 6.13. The molecule has 2 fully saturated rings. The van der Waals surface area contributed by atoms with Crippen LogP contribution in [0.4, 0.5) is 15.8 Å². The van der Waals surface area contributed by atoms with Gasteiger partial charge in [-0.25, -0.2) is 9.37 Å². The van der Waals surface area contributed by atoms with Gasteiger partial charge in [-0.3, -0.25) is 9.48 Å². The third kappa shape index (κ3) is 4.10. The Hall–Kier alpha value is -3.50. The molecular weight excluding hydrogens is 461 g/mol. The number of halogens is 1. The van der Waals surface area contributed by atoms with Gasteiger partial charge in [0.25, 0.3) is 5.91 Å². The summed E-state index contributed by atoms with van der Waals surface area (Å²) in [5.41, 5.74) is 3.45. The van der Waals surface area contributed by atoms with Crippen molar-refractivity contribution in [1.82, 2.24) is 24.5 Å². The number of imidazole rings is 1. The number of amides is 1. The minimum Gasteiger partial charge on any atom is -0.381 e. The summed E-state index contributed by atoms with van der Waals surface area (Å²) in [5.74, 6) is -0.824. The molecule has 0 radical (unpaired) electrons. The number of pyridine rings is 1. The Morgan fingerprint density at radius 1 is 1.19 bits per heavy atom. The Morgan fingerprint density at radius 2 is 2.03 bits per heavy atom. The van der Waals surface area contributed by atoms with E-state index >= 15 is 0 Å². The molecule has 10 heteroatoms. The van der Waals surface area contributed by atoms with Crippen molar-refractivity contribution < 1.29 is 13.9 Å². The molecule has 1 atom stereocenters. The SMILES string of the molecule is COC1CC(N[C@H]2CCN(c3ccc(C(=O)Nc4cc(F)c5nc(C)cn5c4)c4nn(C)cc34)C2)C1. The van der Waals surface area contributed by atoms with Crippen LogP contribution in [-0.2, 0) is 11.8 Å². The van der Waals surface area contributed by atoms with Crippen LogP contribution >= 0.6 is 0 Å². The molecule has 6 rings (SSSR count). The van der Waals surface area contributed by atoms with Crippen LogP contribution in [0, 0.1) is 12.7 Å². The lowest BCUT2D eigenvalue weighted by Gasteiger charge is -2.36. The van der Waals surface area contributed by atoms with Gasteiger partial charge in [0.1, 0.15) is 5.52 Å². The summed E-state index contributed by atoms with van der Waals surface area (Å²) in [6.45, 7) is 3.65. The van der Waals surface area contributed by atoms with E-state index in [0.717, 1.165) is 43.4 Å². The second-order valence-corrected chi connectivity index (χ2v) is 9.97. The first-order chi connectivity index (χ1) is 17.4. The Kier molecular flexibility index (Phi) is 5.65. The van der Waals surface area contributed by atoms with E-state index in [1.54, 1.807) is 35.5 Å². The molecule has 0 bridgehead atoms. The van der Waals surface area contributed by atoms with Gasteiger partial charge >= 0.3 is 0 Å². The van der Waals surface area contributed by atoms with Crippen molar-refractivity contribution in [3.63, 3.8) is 0 Å². The zero-order valence-electron chi connectivity index (χ0n) is 20.7. The van der Waals surface area contributed by atoms with Gasteiger partial charge in [0.15, 0.2) is 11.5 Å². The van der Waals surface area contributed by atoms with Crippen LogP contribution in [0.1, 0.15) is 35.3 Å². The Bertz CT molecular complexity index is 1460. The number of aryl methyl sites for hydroxylation is 2. The quantitative estimate of drug-likeness (QED) is 0.431. The number of fused-ring (bicyclic) bond motifs is 2. The average molecular weight is 492 g/mol. The van der Waals surface area contributed by atoms with Crippen molar-refractivity contribution in [1.29, 1.82) is 0 Å². The summed E-state index contributed by atoms with van der Waals surface area (Å²) in [7, 11) is 3.63. The maximum atomic E-state index is 14.5. The number of carbonyl (C=O) groups is 1. The van der Waals surface area contributed by atoms with E-state index in [1.165, 1.54) is 6.07 Å². The number of nitrogens with zero attached hydrogens (tertiary/aromatic N) is 5. The molecular formula is C26H30FN7O2. The maximum Gasteiger partial charge on any atom is 0.257 e. The minimum atomic E-state index is -0.490. The fourth-order valence-electron chi connectivity index (χ4n) is 5.45. The van der Waals surface area contributed by atoms with E-state index < -0.39 is 5.82 Å². The van der Waals surface area contributed by atoms with Crippen LogP contribution in [0.3, 0.4) is 0 Å². The number of benzene rings is 1. The number of hydrogen-bond acceptors (Lipinski definition) is 6. The number of hydrogen-bond donors (Lipinski definition) is 2. The molecule has 2 N–H and O–H groups in total. The molecule has 9 nitrogen and oxygen atoms in total. The number of carbonyl (C=O) groups excluding carboxylic acids is 1. The van der Waals surface area contributed by atoms with Gasteiger partial charge in [-0.1, -0.05) is 0 Å². The fraction of sp³-hybridized carbons (Fsp3) is 0.423. The van der Waals surface area contributed by atoms with Gasteiger partial charge in [-0.15, -0.1) is 0 Å². The summed E-state index contributed by atoms with van der Waals surface area (Å²) in [6, 6.07) is 6.05. The fourth-order valence-corrected chi connectivity index (χ4v) is 5.45. The lowest BCUT2D eigenvalue weighted by atomic mass is 9.88. The standard InChI is InChI=1S/C26H30FN7O2/c1-15-11-34-13-18(10-22(27)25(34)28-15)30-26(35)20-4-5-23(21-14-32(2)31-24(20)21)33-7-6-16(12-33)29-17-8-19(9-17)36-3/h4-5,10-11,13-14,16-17,19,29H,6-9,12H2,1-3H3,(H,30,35)/t16-,17?,19?/m0/s1. The van der Waals surface area contributed by atoms with Crippen LogP contribution in [0.2, 0.25) is 0 Å². The zero-order chi connectivity index (χ0) is 25.0. The highest BCUT2D eigenvalue weighted by Gasteiger charge is 2.33. The molecule has 1 saturated carbocycles. The molecule has 1 aliphatic heterocycles. The zero-order valence-corrected chi connectivity index (χ0v) is 20.7. The van der Waals surface area contributed by atoms with Crippen molar-refractivity contribution in [3.05, 3.63) is 53.9 Å². The molecule has 4 aromatic rings. The second kappa shape index (κ2) is 8.86. The molecule has 1 aromatic carbocycles. The molecule has 0 spiro atoms. The van der Waals surface area contributed by atoms with Crippen LogP contribution in [0.15, 0.2) is 36.8 Å². The normalized spacial score (nSPS) is 21.9. The topological polar surface area (TPSA) is 88.7 Å². The largest absolute Gasteiger partial charge is 0.381 e. The number of methoxy groups -OCH3 is 1. The highest BCUT2D eigenvalue weighted by Crippen LogP contribution is 2.32. The molecule has 4 heterocycles. The van der Waals surface area contributed by atoms with Crippen LogP contribution in [-0.4, -0.2) is 63.5 Å². The number of rotatable bonds is 6. The third-order valence-corrected chi connectivity index (χ3v) is 7.33. The van der Waals surface area contributed by atoms with Crippen molar-refractivity contribution in [2.24, 2.45) is 7.05 Å². The van der Waals surface area contributed by atoms with E-state index in [1.807, 2.05) is 25.4 Å². The monoisotopic (exact) mass is 491 g/mol. The van der Waals surface area contributed by atoms with Crippen molar-refractivity contribution in [2.75, 3.05) is 30.4 Å². The van der Waals surface area contributed by atoms with E-state index in [0.29, 0.717) is 40.6 Å². The van der Waals surface area contributed by atoms with Gasteiger partial charge in [0.2, 0.25) is 0 Å². The third-order valence-electron chi connectivity index (χ3n) is 7.33. The second-order valence-electron chi connectivity index (χ2n) is 9.97. The summed E-state index contributed by atoms with van der Waals surface area (Å²) in [6.07, 6.45) is 8.93. The first-order valence-corrected chi connectivity index (χ1v) is 12.3. The highest BCUT2D eigenvalue weighted by atomic mass is 19.1. The summed E-state index contributed by atoms with van der Waals surface area (Å²) in [5, 5.41) is 12.1. The van der Waals surface area contributed by atoms with Crippen LogP contribution in [0.5, 0.6) is 0 Å². The van der Waals surface area contributed by atoms with E-state index in [9.17, 15) is 9.18 Å². The van der Waals surface area contributed by atoms with Crippen LogP contribution in [0.25, 0.3) is 16.6 Å². The Labute approximate surface area is 208 Å². The lowest BCUT2D eigenvalue weighted by Crippen LogP contribution is -2.49. The first kappa shape index (κ1) is 22.9. The minimum absolute atomic E-state index is 0.233. The summed E-state index contributed by atoms with van der Waals surface area (Å²) in [4.78, 5) is 19.8. The molecule has 1 saturated heterocycles. The lowest BCUT2D eigenvalue weighted by molar-refractivity contribution is 0.0149. The van der Waals surface area contributed by atoms with E-state index in [2.05, 4.69) is 25.6 Å². The molecule has 1 aliphatic carbocycles. The van der Waals surface area contributed by atoms with Crippen molar-refractivity contribution in [2.45, 2.75) is 44.4 Å². The van der Waals surface area contributed by atoms with Crippen LogP contribution < -0.4 is 15.5 Å². The maximum absolute atomic E-state index is 14.5. The van der Waals surface area contributed by atoms with Gasteiger partial charge < -0.3 is 24.7 Å². The molecule has 0 unspecified atom stereocenters. The molecule has 1 amide bonds. The average Bonchev–Trinajstić information content (AvgIpc) is 3.52.